The fraction of sp³-hybridized carbons (Fsp3) is 0.562. The number of carbonyl (C=O) groups excluding carboxylic acids is 1. The van der Waals surface area contributed by atoms with Crippen molar-refractivity contribution in [1.29, 1.82) is 0 Å². The first-order chi connectivity index (χ1) is 9.74. The number of aliphatic hydroxyl groups excluding tert-OH is 1. The first-order valence-electron chi connectivity index (χ1n) is 7.46. The zero-order valence-electron chi connectivity index (χ0n) is 12.2. The molecule has 1 N–H and O–H groups in total. The first-order valence-corrected chi connectivity index (χ1v) is 7.46. The molecule has 1 aliphatic rings. The molecule has 2 rings (SSSR count). The summed E-state index contributed by atoms with van der Waals surface area (Å²) in [7, 11) is 0. The van der Waals surface area contributed by atoms with Crippen molar-refractivity contribution >= 4 is 11.5 Å². The number of rotatable bonds is 5. The highest BCUT2D eigenvalue weighted by Gasteiger charge is 2.15. The monoisotopic (exact) mass is 276 g/mol. The Morgan fingerprint density at radius 2 is 1.90 bits per heavy atom. The Morgan fingerprint density at radius 1 is 1.15 bits per heavy atom. The number of aliphatic hydroxyl groups is 1. The third kappa shape index (κ3) is 3.81. The molecule has 0 atom stereocenters. The number of Topliss-reactive ketones (excluding diaryl/α,β-unsaturated/α-hetero) is 1. The molecule has 1 aliphatic heterocycles. The number of anilines is 1. The van der Waals surface area contributed by atoms with Crippen LogP contribution in [-0.4, -0.2) is 55.1 Å². The van der Waals surface area contributed by atoms with Gasteiger partial charge in [-0.15, -0.1) is 0 Å². The minimum atomic E-state index is 0.196. The molecule has 1 fully saturated rings. The molecular weight excluding hydrogens is 252 g/mol. The van der Waals surface area contributed by atoms with Crippen molar-refractivity contribution in [2.75, 3.05) is 44.2 Å². The molecule has 1 aromatic carbocycles. The summed E-state index contributed by atoms with van der Waals surface area (Å²) < 4.78 is 0. The van der Waals surface area contributed by atoms with Crippen LogP contribution in [0.4, 0.5) is 5.69 Å². The summed E-state index contributed by atoms with van der Waals surface area (Å²) in [6.07, 6.45) is 1.66. The molecule has 1 saturated heterocycles. The Hall–Kier alpha value is -1.39. The second-order valence-electron chi connectivity index (χ2n) is 5.23. The summed E-state index contributed by atoms with van der Waals surface area (Å²) in [4.78, 5) is 16.3. The van der Waals surface area contributed by atoms with Crippen LogP contribution < -0.4 is 4.90 Å². The van der Waals surface area contributed by atoms with E-state index < -0.39 is 0 Å². The number of ketones is 1. The van der Waals surface area contributed by atoms with E-state index in [1.165, 1.54) is 5.69 Å². The third-order valence-electron chi connectivity index (χ3n) is 3.88. The Morgan fingerprint density at radius 3 is 2.55 bits per heavy atom. The minimum Gasteiger partial charge on any atom is -0.395 e. The number of benzene rings is 1. The molecule has 20 heavy (non-hydrogen) atoms. The lowest BCUT2D eigenvalue weighted by molar-refractivity contribution is 0.0988. The summed E-state index contributed by atoms with van der Waals surface area (Å²) in [6, 6.07) is 7.95. The average molecular weight is 276 g/mol. The van der Waals surface area contributed by atoms with Gasteiger partial charge >= 0.3 is 0 Å². The van der Waals surface area contributed by atoms with Crippen LogP contribution in [0, 0.1) is 0 Å². The zero-order valence-corrected chi connectivity index (χ0v) is 12.2. The van der Waals surface area contributed by atoms with Gasteiger partial charge in [-0.05, 0) is 37.2 Å². The van der Waals surface area contributed by atoms with Gasteiger partial charge in [-0.3, -0.25) is 9.69 Å². The summed E-state index contributed by atoms with van der Waals surface area (Å²) in [5, 5.41) is 9.01. The van der Waals surface area contributed by atoms with Crippen molar-refractivity contribution in [3.05, 3.63) is 29.8 Å². The Bertz CT molecular complexity index is 431. The lowest BCUT2D eigenvalue weighted by atomic mass is 10.1. The highest BCUT2D eigenvalue weighted by atomic mass is 16.3. The van der Waals surface area contributed by atoms with Crippen LogP contribution >= 0.6 is 0 Å². The molecule has 110 valence electrons. The van der Waals surface area contributed by atoms with Gasteiger partial charge in [0.1, 0.15) is 0 Å². The molecule has 0 saturated carbocycles. The van der Waals surface area contributed by atoms with Crippen molar-refractivity contribution in [1.82, 2.24) is 4.90 Å². The van der Waals surface area contributed by atoms with Gasteiger partial charge in [0.2, 0.25) is 0 Å². The topological polar surface area (TPSA) is 43.8 Å². The summed E-state index contributed by atoms with van der Waals surface area (Å²) in [5.41, 5.74) is 1.98. The molecule has 1 heterocycles. The van der Waals surface area contributed by atoms with E-state index in [0.717, 1.165) is 44.7 Å². The number of β-amino-alcohol motifs (C(OH)–C–C–N with tert-alkyl or cyclic N) is 1. The second kappa shape index (κ2) is 7.41. The Labute approximate surface area is 121 Å². The van der Waals surface area contributed by atoms with Gasteiger partial charge in [0.15, 0.2) is 5.78 Å². The molecule has 0 bridgehead atoms. The van der Waals surface area contributed by atoms with Gasteiger partial charge in [0, 0.05) is 43.9 Å². The molecule has 4 heteroatoms. The third-order valence-corrected chi connectivity index (χ3v) is 3.88. The molecular formula is C16H24N2O2. The van der Waals surface area contributed by atoms with Crippen LogP contribution in [0.2, 0.25) is 0 Å². The summed E-state index contributed by atoms with van der Waals surface area (Å²) in [6.45, 7) is 6.91. The van der Waals surface area contributed by atoms with E-state index in [9.17, 15) is 4.79 Å². The molecule has 0 radical (unpaired) electrons. The molecule has 0 spiro atoms. The summed E-state index contributed by atoms with van der Waals surface area (Å²) in [5.74, 6) is 0.196. The van der Waals surface area contributed by atoms with E-state index >= 15 is 0 Å². The maximum absolute atomic E-state index is 11.6. The van der Waals surface area contributed by atoms with Gasteiger partial charge in [-0.1, -0.05) is 6.92 Å². The van der Waals surface area contributed by atoms with Crippen LogP contribution in [0.3, 0.4) is 0 Å². The molecule has 4 nitrogen and oxygen atoms in total. The van der Waals surface area contributed by atoms with Crippen LogP contribution in [0.15, 0.2) is 24.3 Å². The van der Waals surface area contributed by atoms with Gasteiger partial charge < -0.3 is 10.0 Å². The number of hydrogen-bond donors (Lipinski definition) is 1. The number of carbonyl (C=O) groups is 1. The standard InChI is InChI=1S/C16H24N2O2/c1-2-16(20)14-4-6-15(7-5-14)18-9-3-8-17(10-11-18)12-13-19/h4-7,19H,2-3,8-13H2,1H3. The zero-order chi connectivity index (χ0) is 14.4. The smallest absolute Gasteiger partial charge is 0.162 e. The number of nitrogens with zero attached hydrogens (tertiary/aromatic N) is 2. The Kier molecular flexibility index (Phi) is 5.56. The van der Waals surface area contributed by atoms with Crippen molar-refractivity contribution in [3.63, 3.8) is 0 Å². The quantitative estimate of drug-likeness (QED) is 0.833. The van der Waals surface area contributed by atoms with Gasteiger partial charge in [-0.2, -0.15) is 0 Å². The highest BCUT2D eigenvalue weighted by Crippen LogP contribution is 2.18. The van der Waals surface area contributed by atoms with Crippen molar-refractivity contribution in [2.24, 2.45) is 0 Å². The fourth-order valence-corrected chi connectivity index (χ4v) is 2.66. The van der Waals surface area contributed by atoms with E-state index in [4.69, 9.17) is 5.11 Å². The predicted molar refractivity (Wildman–Crippen MR) is 81.4 cm³/mol. The van der Waals surface area contributed by atoms with E-state index in [2.05, 4.69) is 9.80 Å². The van der Waals surface area contributed by atoms with Crippen LogP contribution in [-0.2, 0) is 0 Å². The fourth-order valence-electron chi connectivity index (χ4n) is 2.66. The highest BCUT2D eigenvalue weighted by molar-refractivity contribution is 5.96. The maximum atomic E-state index is 11.6. The normalized spacial score (nSPS) is 17.0. The predicted octanol–water partition coefficient (Wildman–Crippen LogP) is 1.78. The van der Waals surface area contributed by atoms with Crippen molar-refractivity contribution < 1.29 is 9.90 Å². The Balaban J connectivity index is 1.99. The van der Waals surface area contributed by atoms with Crippen molar-refractivity contribution in [2.45, 2.75) is 19.8 Å². The SMILES string of the molecule is CCC(=O)c1ccc(N2CCCN(CCO)CC2)cc1. The molecule has 0 amide bonds. The van der Waals surface area contributed by atoms with E-state index in [-0.39, 0.29) is 12.4 Å². The van der Waals surface area contributed by atoms with Gasteiger partial charge in [0.05, 0.1) is 6.61 Å². The second-order valence-corrected chi connectivity index (χ2v) is 5.23. The van der Waals surface area contributed by atoms with E-state index in [1.54, 1.807) is 0 Å². The molecule has 1 aromatic rings. The van der Waals surface area contributed by atoms with Crippen molar-refractivity contribution in [3.8, 4) is 0 Å². The largest absolute Gasteiger partial charge is 0.395 e. The molecule has 0 aliphatic carbocycles. The maximum Gasteiger partial charge on any atom is 0.162 e. The van der Waals surface area contributed by atoms with E-state index in [1.807, 2.05) is 31.2 Å². The van der Waals surface area contributed by atoms with Crippen LogP contribution in [0.5, 0.6) is 0 Å². The summed E-state index contributed by atoms with van der Waals surface area (Å²) >= 11 is 0. The van der Waals surface area contributed by atoms with Gasteiger partial charge in [-0.25, -0.2) is 0 Å². The minimum absolute atomic E-state index is 0.196. The lowest BCUT2D eigenvalue weighted by Gasteiger charge is -2.23. The van der Waals surface area contributed by atoms with Crippen LogP contribution in [0.25, 0.3) is 0 Å². The van der Waals surface area contributed by atoms with Gasteiger partial charge in [0.25, 0.3) is 0 Å². The number of hydrogen-bond acceptors (Lipinski definition) is 4. The van der Waals surface area contributed by atoms with E-state index in [0.29, 0.717) is 6.42 Å². The van der Waals surface area contributed by atoms with Crippen LogP contribution in [0.1, 0.15) is 30.1 Å². The molecule has 0 unspecified atom stereocenters. The first kappa shape index (κ1) is 15.0. The average Bonchev–Trinajstić information content (AvgIpc) is 2.73. The molecule has 0 aromatic heterocycles. The lowest BCUT2D eigenvalue weighted by Crippen LogP contribution is -2.32.